The molecule has 0 bridgehead atoms. The van der Waals surface area contributed by atoms with Gasteiger partial charge in [0.15, 0.2) is 0 Å². The number of hydrogen-bond donors (Lipinski definition) is 1. The van der Waals surface area contributed by atoms with Gasteiger partial charge in [-0.15, -0.1) is 0 Å². The Kier molecular flexibility index (Phi) is 4.35. The molecule has 1 aromatic carbocycles. The fraction of sp³-hybridized carbons (Fsp3) is 0.375. The van der Waals surface area contributed by atoms with E-state index in [1.165, 1.54) is 12.1 Å². The third-order valence-electron chi connectivity index (χ3n) is 3.92. The van der Waals surface area contributed by atoms with Gasteiger partial charge in [-0.2, -0.15) is 5.26 Å². The summed E-state index contributed by atoms with van der Waals surface area (Å²) in [5, 5.41) is 23.8. The first-order valence-electron chi connectivity index (χ1n) is 7.52. The lowest BCUT2D eigenvalue weighted by atomic mass is 10.1. The van der Waals surface area contributed by atoms with Crippen molar-refractivity contribution in [1.29, 1.82) is 5.26 Å². The van der Waals surface area contributed by atoms with Crippen molar-refractivity contribution in [2.45, 2.75) is 25.4 Å². The highest BCUT2D eigenvalue weighted by molar-refractivity contribution is 5.88. The maximum Gasteiger partial charge on any atom is 0.270 e. The lowest BCUT2D eigenvalue weighted by Gasteiger charge is -2.11. The molecule has 118 valence electrons. The molecule has 2 heterocycles. The molecular formula is C16H16N4O3. The van der Waals surface area contributed by atoms with Crippen molar-refractivity contribution in [2.75, 3.05) is 18.5 Å². The van der Waals surface area contributed by atoms with Crippen LogP contribution in [0.5, 0.6) is 0 Å². The number of nitrogens with zero attached hydrogens (tertiary/aromatic N) is 3. The van der Waals surface area contributed by atoms with Gasteiger partial charge in [-0.25, -0.2) is 4.98 Å². The summed E-state index contributed by atoms with van der Waals surface area (Å²) in [6.45, 7) is 1.54. The molecule has 7 heteroatoms. The summed E-state index contributed by atoms with van der Waals surface area (Å²) in [6.07, 6.45) is 3.37. The standard InChI is InChI=1S/C16H16N4O3/c17-10-11-8-16(18-6-5-13-2-1-7-23-13)19-15-4-3-12(20(21)22)9-14(11)15/h3-4,8-9,13H,1-2,5-7H2,(H,18,19). The van der Waals surface area contributed by atoms with E-state index in [-0.39, 0.29) is 5.69 Å². The van der Waals surface area contributed by atoms with E-state index in [0.717, 1.165) is 25.9 Å². The van der Waals surface area contributed by atoms with Gasteiger partial charge < -0.3 is 10.1 Å². The van der Waals surface area contributed by atoms with Crippen molar-refractivity contribution >= 4 is 22.4 Å². The summed E-state index contributed by atoms with van der Waals surface area (Å²) in [4.78, 5) is 14.8. The van der Waals surface area contributed by atoms with E-state index >= 15 is 0 Å². The molecule has 0 radical (unpaired) electrons. The SMILES string of the molecule is N#Cc1cc(NCCC2CCCO2)nc2ccc([N+](=O)[O-])cc12. The van der Waals surface area contributed by atoms with Crippen molar-refractivity contribution in [2.24, 2.45) is 0 Å². The number of aromatic nitrogens is 1. The minimum Gasteiger partial charge on any atom is -0.378 e. The second-order valence-electron chi connectivity index (χ2n) is 5.48. The van der Waals surface area contributed by atoms with Crippen LogP contribution < -0.4 is 5.32 Å². The molecule has 3 rings (SSSR count). The van der Waals surface area contributed by atoms with Crippen molar-refractivity contribution in [3.05, 3.63) is 39.9 Å². The number of pyridine rings is 1. The number of non-ortho nitro benzene ring substituents is 1. The number of anilines is 1. The summed E-state index contributed by atoms with van der Waals surface area (Å²) in [7, 11) is 0. The lowest BCUT2D eigenvalue weighted by Crippen LogP contribution is -2.13. The summed E-state index contributed by atoms with van der Waals surface area (Å²) in [5.41, 5.74) is 0.891. The summed E-state index contributed by atoms with van der Waals surface area (Å²) >= 11 is 0. The number of benzene rings is 1. The molecule has 0 spiro atoms. The number of fused-ring (bicyclic) bond motifs is 1. The second kappa shape index (κ2) is 6.58. The number of ether oxygens (including phenoxy) is 1. The van der Waals surface area contributed by atoms with Gasteiger partial charge in [-0.3, -0.25) is 10.1 Å². The van der Waals surface area contributed by atoms with Crippen molar-refractivity contribution in [3.8, 4) is 6.07 Å². The Morgan fingerprint density at radius 2 is 2.35 bits per heavy atom. The fourth-order valence-corrected chi connectivity index (χ4v) is 2.74. The Bertz CT molecular complexity index is 779. The topological polar surface area (TPSA) is 101 Å². The van der Waals surface area contributed by atoms with Crippen LogP contribution >= 0.6 is 0 Å². The molecule has 2 aromatic rings. The van der Waals surface area contributed by atoms with Crippen LogP contribution in [0, 0.1) is 21.4 Å². The van der Waals surface area contributed by atoms with Crippen LogP contribution in [0.25, 0.3) is 10.9 Å². The van der Waals surface area contributed by atoms with Gasteiger partial charge in [0.1, 0.15) is 5.82 Å². The van der Waals surface area contributed by atoms with Gasteiger partial charge in [-0.05, 0) is 31.4 Å². The quantitative estimate of drug-likeness (QED) is 0.672. The number of nitriles is 1. The maximum atomic E-state index is 10.9. The normalized spacial score (nSPS) is 17.1. The van der Waals surface area contributed by atoms with Crippen LogP contribution in [0.1, 0.15) is 24.8 Å². The van der Waals surface area contributed by atoms with Crippen molar-refractivity contribution in [1.82, 2.24) is 4.98 Å². The average Bonchev–Trinajstić information content (AvgIpc) is 3.07. The summed E-state index contributed by atoms with van der Waals surface area (Å²) < 4.78 is 5.57. The second-order valence-corrected chi connectivity index (χ2v) is 5.48. The monoisotopic (exact) mass is 312 g/mol. The Morgan fingerprint density at radius 3 is 3.04 bits per heavy atom. The third kappa shape index (κ3) is 3.38. The Labute approximate surface area is 133 Å². The molecule has 0 aliphatic carbocycles. The van der Waals surface area contributed by atoms with E-state index in [1.807, 2.05) is 0 Å². The van der Waals surface area contributed by atoms with Crippen LogP contribution in [0.3, 0.4) is 0 Å². The van der Waals surface area contributed by atoms with E-state index in [1.54, 1.807) is 12.1 Å². The van der Waals surface area contributed by atoms with Gasteiger partial charge in [0, 0.05) is 30.7 Å². The molecule has 0 amide bonds. The first-order chi connectivity index (χ1) is 11.2. The molecule has 1 aliphatic heterocycles. The average molecular weight is 312 g/mol. The van der Waals surface area contributed by atoms with E-state index < -0.39 is 4.92 Å². The fourth-order valence-electron chi connectivity index (χ4n) is 2.74. The molecule has 0 saturated carbocycles. The molecule has 1 saturated heterocycles. The molecular weight excluding hydrogens is 296 g/mol. The zero-order chi connectivity index (χ0) is 16.2. The predicted octanol–water partition coefficient (Wildman–Crippen LogP) is 3.00. The first-order valence-corrected chi connectivity index (χ1v) is 7.52. The van der Waals surface area contributed by atoms with Crippen molar-refractivity contribution < 1.29 is 9.66 Å². The number of nitro benzene ring substituents is 1. The molecule has 1 N–H and O–H groups in total. The van der Waals surface area contributed by atoms with Gasteiger partial charge in [0.2, 0.25) is 0 Å². The highest BCUT2D eigenvalue weighted by Crippen LogP contribution is 2.25. The number of nitrogens with one attached hydrogen (secondary N) is 1. The molecule has 1 unspecified atom stereocenters. The molecule has 1 atom stereocenters. The maximum absolute atomic E-state index is 10.9. The van der Waals surface area contributed by atoms with E-state index in [0.29, 0.717) is 34.9 Å². The van der Waals surface area contributed by atoms with Crippen molar-refractivity contribution in [3.63, 3.8) is 0 Å². The summed E-state index contributed by atoms with van der Waals surface area (Å²) in [5.74, 6) is 0.598. The first kappa shape index (κ1) is 15.2. The van der Waals surface area contributed by atoms with E-state index in [9.17, 15) is 15.4 Å². The van der Waals surface area contributed by atoms with E-state index in [2.05, 4.69) is 16.4 Å². The van der Waals surface area contributed by atoms with E-state index in [4.69, 9.17) is 4.74 Å². The summed E-state index contributed by atoms with van der Waals surface area (Å²) in [6, 6.07) is 8.06. The Balaban J connectivity index is 1.80. The highest BCUT2D eigenvalue weighted by Gasteiger charge is 2.15. The molecule has 1 aliphatic rings. The van der Waals surface area contributed by atoms with Gasteiger partial charge >= 0.3 is 0 Å². The molecule has 7 nitrogen and oxygen atoms in total. The third-order valence-corrected chi connectivity index (χ3v) is 3.92. The van der Waals surface area contributed by atoms with Crippen LogP contribution in [-0.2, 0) is 4.74 Å². The van der Waals surface area contributed by atoms with Gasteiger partial charge in [-0.1, -0.05) is 0 Å². The minimum atomic E-state index is -0.478. The molecule has 23 heavy (non-hydrogen) atoms. The highest BCUT2D eigenvalue weighted by atomic mass is 16.6. The van der Waals surface area contributed by atoms with Gasteiger partial charge in [0.05, 0.1) is 28.2 Å². The van der Waals surface area contributed by atoms with Gasteiger partial charge in [0.25, 0.3) is 5.69 Å². The smallest absolute Gasteiger partial charge is 0.270 e. The number of nitro groups is 1. The Morgan fingerprint density at radius 1 is 1.48 bits per heavy atom. The number of rotatable bonds is 5. The zero-order valence-electron chi connectivity index (χ0n) is 12.5. The van der Waals surface area contributed by atoms with Crippen LogP contribution in [0.2, 0.25) is 0 Å². The van der Waals surface area contributed by atoms with Crippen LogP contribution in [-0.4, -0.2) is 29.2 Å². The number of hydrogen-bond acceptors (Lipinski definition) is 6. The minimum absolute atomic E-state index is 0.0464. The Hall–Kier alpha value is -2.72. The predicted molar refractivity (Wildman–Crippen MR) is 85.2 cm³/mol. The lowest BCUT2D eigenvalue weighted by molar-refractivity contribution is -0.384. The van der Waals surface area contributed by atoms with Crippen LogP contribution in [0.4, 0.5) is 11.5 Å². The largest absolute Gasteiger partial charge is 0.378 e. The molecule has 1 fully saturated rings. The van der Waals surface area contributed by atoms with Crippen LogP contribution in [0.15, 0.2) is 24.3 Å². The zero-order valence-corrected chi connectivity index (χ0v) is 12.5. The molecule has 1 aromatic heterocycles.